The zero-order chi connectivity index (χ0) is 22.0. The minimum absolute atomic E-state index is 0.0247. The third-order valence-electron chi connectivity index (χ3n) is 5.63. The molecule has 0 radical (unpaired) electrons. The summed E-state index contributed by atoms with van der Waals surface area (Å²) in [5.41, 5.74) is 5.47. The van der Waals surface area contributed by atoms with Crippen molar-refractivity contribution in [1.82, 2.24) is 4.90 Å². The lowest BCUT2D eigenvalue weighted by Crippen LogP contribution is -2.42. The quantitative estimate of drug-likeness (QED) is 0.571. The normalized spacial score (nSPS) is 17.5. The van der Waals surface area contributed by atoms with Gasteiger partial charge in [0.15, 0.2) is 0 Å². The van der Waals surface area contributed by atoms with E-state index in [9.17, 15) is 9.50 Å². The second kappa shape index (κ2) is 9.40. The van der Waals surface area contributed by atoms with Crippen molar-refractivity contribution in [1.29, 1.82) is 0 Å². The summed E-state index contributed by atoms with van der Waals surface area (Å²) in [7, 11) is 2.13. The molecule has 1 unspecified atom stereocenters. The summed E-state index contributed by atoms with van der Waals surface area (Å²) in [5.74, 6) is 0.380. The molecule has 0 amide bonds. The molecule has 0 saturated heterocycles. The molecule has 2 aromatic carbocycles. The number of thioether (sulfide) groups is 1. The molecule has 1 aliphatic heterocycles. The van der Waals surface area contributed by atoms with Gasteiger partial charge in [-0.15, -0.1) is 0 Å². The lowest BCUT2D eigenvalue weighted by molar-refractivity contribution is 0.220. The molecule has 0 fully saturated rings. The maximum Gasteiger partial charge on any atom is 0.123 e. The fraction of sp³-hybridized carbons (Fsp3) is 0.385. The standard InChI is InChI=1S/C26H32FNOS/c1-16(2)24-22(15-29)23(19-10-12-20(27)13-11-19)26(25(17(3)4)28(24)6)30-21-9-7-8-18(5)14-21/h7-14,16-17,24,29H,15H2,1-6H3. The van der Waals surface area contributed by atoms with E-state index in [1.807, 2.05) is 12.1 Å². The fourth-order valence-corrected chi connectivity index (χ4v) is 5.95. The number of rotatable bonds is 6. The number of aliphatic hydroxyl groups is 1. The Morgan fingerprint density at radius 1 is 1.07 bits per heavy atom. The van der Waals surface area contributed by atoms with Gasteiger partial charge in [0, 0.05) is 28.1 Å². The van der Waals surface area contributed by atoms with E-state index >= 15 is 0 Å². The molecule has 0 spiro atoms. The van der Waals surface area contributed by atoms with Crippen LogP contribution in [0.1, 0.15) is 38.8 Å². The fourth-order valence-electron chi connectivity index (χ4n) is 4.49. The van der Waals surface area contributed by atoms with Gasteiger partial charge in [0.2, 0.25) is 0 Å². The van der Waals surface area contributed by atoms with Crippen LogP contribution in [0.15, 0.2) is 69.6 Å². The summed E-state index contributed by atoms with van der Waals surface area (Å²) in [5, 5.41) is 10.5. The Morgan fingerprint density at radius 3 is 2.27 bits per heavy atom. The van der Waals surface area contributed by atoms with Gasteiger partial charge in [-0.3, -0.25) is 0 Å². The average molecular weight is 426 g/mol. The molecule has 160 valence electrons. The van der Waals surface area contributed by atoms with Crippen LogP contribution in [-0.4, -0.2) is 29.7 Å². The van der Waals surface area contributed by atoms with E-state index in [0.29, 0.717) is 11.8 Å². The van der Waals surface area contributed by atoms with Crippen LogP contribution in [0.5, 0.6) is 0 Å². The van der Waals surface area contributed by atoms with E-state index < -0.39 is 0 Å². The van der Waals surface area contributed by atoms with Crippen LogP contribution >= 0.6 is 11.8 Å². The number of allylic oxidation sites excluding steroid dienone is 2. The molecule has 30 heavy (non-hydrogen) atoms. The van der Waals surface area contributed by atoms with E-state index in [1.165, 1.54) is 23.4 Å². The van der Waals surface area contributed by atoms with Crippen molar-refractivity contribution < 1.29 is 9.50 Å². The van der Waals surface area contributed by atoms with Crippen molar-refractivity contribution in [2.45, 2.75) is 45.6 Å². The molecule has 1 N–H and O–H groups in total. The Balaban J connectivity index is 2.29. The number of halogens is 1. The van der Waals surface area contributed by atoms with Crippen LogP contribution < -0.4 is 0 Å². The van der Waals surface area contributed by atoms with Crippen LogP contribution in [0.3, 0.4) is 0 Å². The van der Waals surface area contributed by atoms with Crippen LogP contribution in [0.25, 0.3) is 5.57 Å². The number of hydrogen-bond acceptors (Lipinski definition) is 3. The van der Waals surface area contributed by atoms with Gasteiger partial charge in [0.1, 0.15) is 5.82 Å². The second-order valence-corrected chi connectivity index (χ2v) is 9.74. The minimum Gasteiger partial charge on any atom is -0.392 e. The topological polar surface area (TPSA) is 23.5 Å². The van der Waals surface area contributed by atoms with E-state index in [1.54, 1.807) is 11.8 Å². The molecule has 3 rings (SSSR count). The Labute approximate surface area is 184 Å². The first-order valence-electron chi connectivity index (χ1n) is 10.6. The Morgan fingerprint density at radius 2 is 1.73 bits per heavy atom. The van der Waals surface area contributed by atoms with E-state index in [2.05, 4.69) is 70.8 Å². The first-order chi connectivity index (χ1) is 14.2. The smallest absolute Gasteiger partial charge is 0.123 e. The highest BCUT2D eigenvalue weighted by Crippen LogP contribution is 2.48. The number of benzene rings is 2. The third kappa shape index (κ3) is 4.50. The molecule has 0 aliphatic carbocycles. The summed E-state index contributed by atoms with van der Waals surface area (Å²) in [4.78, 5) is 4.65. The number of aryl methyl sites for hydroxylation is 1. The molecule has 4 heteroatoms. The molecule has 2 aromatic rings. The predicted octanol–water partition coefficient (Wildman–Crippen LogP) is 6.51. The van der Waals surface area contributed by atoms with Crippen molar-refractivity contribution >= 4 is 17.3 Å². The Bertz CT molecular complexity index is 959. The maximum atomic E-state index is 13.7. The van der Waals surface area contributed by atoms with Crippen molar-refractivity contribution in [3.8, 4) is 0 Å². The van der Waals surface area contributed by atoms with Gasteiger partial charge in [0.05, 0.1) is 12.6 Å². The van der Waals surface area contributed by atoms with Crippen LogP contribution in [0.4, 0.5) is 4.39 Å². The van der Waals surface area contributed by atoms with Gasteiger partial charge >= 0.3 is 0 Å². The minimum atomic E-state index is -0.251. The number of likely N-dealkylation sites (N-methyl/N-ethyl adjacent to an activating group) is 1. The van der Waals surface area contributed by atoms with Gasteiger partial charge < -0.3 is 10.0 Å². The zero-order valence-electron chi connectivity index (χ0n) is 18.7. The molecule has 0 saturated carbocycles. The summed E-state index contributed by atoms with van der Waals surface area (Å²) >= 11 is 1.73. The Kier molecular flexibility index (Phi) is 7.10. The zero-order valence-corrected chi connectivity index (χ0v) is 19.6. The van der Waals surface area contributed by atoms with Crippen molar-refractivity contribution in [3.05, 3.63) is 81.7 Å². The highest BCUT2D eigenvalue weighted by atomic mass is 32.2. The molecule has 1 atom stereocenters. The molecular weight excluding hydrogens is 393 g/mol. The molecule has 2 nitrogen and oxygen atoms in total. The molecule has 0 bridgehead atoms. The lowest BCUT2D eigenvalue weighted by Gasteiger charge is -2.44. The highest BCUT2D eigenvalue weighted by molar-refractivity contribution is 8.03. The van der Waals surface area contributed by atoms with Crippen LogP contribution in [0.2, 0.25) is 0 Å². The molecule has 0 aromatic heterocycles. The number of aliphatic hydroxyl groups excluding tert-OH is 1. The monoisotopic (exact) mass is 425 g/mol. The third-order valence-corrected chi connectivity index (χ3v) is 6.73. The molecule has 1 aliphatic rings. The maximum absolute atomic E-state index is 13.7. The van der Waals surface area contributed by atoms with Crippen molar-refractivity contribution in [3.63, 3.8) is 0 Å². The van der Waals surface area contributed by atoms with Gasteiger partial charge in [-0.05, 0) is 54.2 Å². The second-order valence-electron chi connectivity index (χ2n) is 8.65. The van der Waals surface area contributed by atoms with Crippen LogP contribution in [0, 0.1) is 24.6 Å². The summed E-state index contributed by atoms with van der Waals surface area (Å²) in [6.45, 7) is 10.9. The first kappa shape index (κ1) is 22.6. The SMILES string of the molecule is Cc1cccc(SC2=C(C(C)C)N(C)C(C(C)C)C(CO)=C2c2ccc(F)cc2)c1. The van der Waals surface area contributed by atoms with Crippen LogP contribution in [-0.2, 0) is 0 Å². The predicted molar refractivity (Wildman–Crippen MR) is 126 cm³/mol. The van der Waals surface area contributed by atoms with E-state index in [0.717, 1.165) is 26.5 Å². The average Bonchev–Trinajstić information content (AvgIpc) is 2.67. The van der Waals surface area contributed by atoms with E-state index in [-0.39, 0.29) is 18.5 Å². The van der Waals surface area contributed by atoms with Gasteiger partial charge in [-0.25, -0.2) is 4.39 Å². The number of hydrogen-bond donors (Lipinski definition) is 1. The first-order valence-corrected chi connectivity index (χ1v) is 11.4. The van der Waals surface area contributed by atoms with Gasteiger partial charge in [-0.1, -0.05) is 69.3 Å². The van der Waals surface area contributed by atoms with Gasteiger partial charge in [0.25, 0.3) is 0 Å². The number of nitrogens with zero attached hydrogens (tertiary/aromatic N) is 1. The van der Waals surface area contributed by atoms with Crippen molar-refractivity contribution in [2.75, 3.05) is 13.7 Å². The largest absolute Gasteiger partial charge is 0.392 e. The lowest BCUT2D eigenvalue weighted by atomic mass is 9.83. The van der Waals surface area contributed by atoms with Crippen molar-refractivity contribution in [2.24, 2.45) is 11.8 Å². The summed E-state index contributed by atoms with van der Waals surface area (Å²) in [6.07, 6.45) is 0. The van der Waals surface area contributed by atoms with E-state index in [4.69, 9.17) is 0 Å². The van der Waals surface area contributed by atoms with Gasteiger partial charge in [-0.2, -0.15) is 0 Å². The Hall–Kier alpha value is -2.04. The summed E-state index contributed by atoms with van der Waals surface area (Å²) in [6, 6.07) is 15.2. The molecular formula is C26H32FNOS. The molecule has 1 heterocycles. The highest BCUT2D eigenvalue weighted by Gasteiger charge is 2.36. The summed E-state index contributed by atoms with van der Waals surface area (Å²) < 4.78 is 13.7.